The van der Waals surface area contributed by atoms with Gasteiger partial charge >= 0.3 is 5.97 Å². The van der Waals surface area contributed by atoms with Crippen molar-refractivity contribution in [3.05, 3.63) is 35.9 Å². The van der Waals surface area contributed by atoms with Crippen LogP contribution in [0.5, 0.6) is 0 Å². The quantitative estimate of drug-likeness (QED) is 0.803. The van der Waals surface area contributed by atoms with Crippen LogP contribution in [0.25, 0.3) is 0 Å². The molecule has 5 nitrogen and oxygen atoms in total. The lowest BCUT2D eigenvalue weighted by atomic mass is 10.2. The molecule has 0 unspecified atom stereocenters. The van der Waals surface area contributed by atoms with Crippen LogP contribution in [0.2, 0.25) is 0 Å². The fourth-order valence-electron chi connectivity index (χ4n) is 1.67. The molecule has 1 aliphatic heterocycles. The first kappa shape index (κ1) is 16.9. The Balaban J connectivity index is 0.000000211. The molecule has 0 aliphatic carbocycles. The summed E-state index contributed by atoms with van der Waals surface area (Å²) in [5.74, 6) is -0.00102. The van der Waals surface area contributed by atoms with Gasteiger partial charge in [0, 0.05) is 12.5 Å². The highest BCUT2D eigenvalue weighted by Gasteiger charge is 2.16. The van der Waals surface area contributed by atoms with Crippen LogP contribution in [0.15, 0.2) is 35.3 Å². The Labute approximate surface area is 125 Å². The zero-order valence-corrected chi connectivity index (χ0v) is 12.8. The van der Waals surface area contributed by atoms with Crippen molar-refractivity contribution in [2.45, 2.75) is 20.8 Å². The van der Waals surface area contributed by atoms with Crippen molar-refractivity contribution in [3.63, 3.8) is 0 Å². The molecule has 0 saturated heterocycles. The van der Waals surface area contributed by atoms with Crippen molar-refractivity contribution in [2.24, 2.45) is 10.9 Å². The number of hydrogen-bond donors (Lipinski definition) is 0. The van der Waals surface area contributed by atoms with Crippen molar-refractivity contribution < 1.29 is 14.3 Å². The zero-order chi connectivity index (χ0) is 15.7. The van der Waals surface area contributed by atoms with E-state index >= 15 is 0 Å². The second-order valence-electron chi connectivity index (χ2n) is 4.79. The monoisotopic (exact) mass is 290 g/mol. The number of aliphatic imine (C=N–C) groups is 1. The first-order valence-corrected chi connectivity index (χ1v) is 7.08. The number of ether oxygens (including phenoxy) is 1. The molecule has 5 heteroatoms. The standard InChI is InChI=1S/C9H10O2.C7H12N2O/c1-2-11-9(10)8-6-4-3-5-7-8;1-6(2)7(10)9-4-3-8-5-9/h3-7H,2H2,1H3;5-6H,3-4H2,1-2H3. The van der Waals surface area contributed by atoms with Gasteiger partial charge in [-0.1, -0.05) is 32.0 Å². The van der Waals surface area contributed by atoms with E-state index in [9.17, 15) is 9.59 Å². The Hall–Kier alpha value is -2.17. The van der Waals surface area contributed by atoms with E-state index in [0.29, 0.717) is 12.2 Å². The Morgan fingerprint density at radius 2 is 1.95 bits per heavy atom. The molecule has 1 heterocycles. The number of carbonyl (C=O) groups is 2. The Morgan fingerprint density at radius 1 is 1.29 bits per heavy atom. The first-order chi connectivity index (χ1) is 10.1. The fraction of sp³-hybridized carbons (Fsp3) is 0.438. The molecule has 0 saturated carbocycles. The average molecular weight is 290 g/mol. The van der Waals surface area contributed by atoms with E-state index in [-0.39, 0.29) is 17.8 Å². The van der Waals surface area contributed by atoms with E-state index in [2.05, 4.69) is 4.99 Å². The molecule has 0 atom stereocenters. The number of hydrogen-bond acceptors (Lipinski definition) is 4. The highest BCUT2D eigenvalue weighted by molar-refractivity contribution is 5.90. The van der Waals surface area contributed by atoms with Crippen molar-refractivity contribution in [1.29, 1.82) is 0 Å². The van der Waals surface area contributed by atoms with Crippen molar-refractivity contribution in [3.8, 4) is 0 Å². The molecule has 0 N–H and O–H groups in total. The van der Waals surface area contributed by atoms with E-state index in [1.165, 1.54) is 0 Å². The molecule has 1 aromatic rings. The van der Waals surface area contributed by atoms with Crippen LogP contribution in [0.3, 0.4) is 0 Å². The smallest absolute Gasteiger partial charge is 0.338 e. The van der Waals surface area contributed by atoms with Crippen LogP contribution in [-0.4, -0.2) is 42.8 Å². The molecular formula is C16H22N2O3. The Bertz CT molecular complexity index is 484. The molecule has 0 aromatic heterocycles. The van der Waals surface area contributed by atoms with Gasteiger partial charge in [-0.2, -0.15) is 0 Å². The molecule has 2 rings (SSSR count). The minimum atomic E-state index is -0.256. The summed E-state index contributed by atoms with van der Waals surface area (Å²) in [5.41, 5.74) is 0.606. The highest BCUT2D eigenvalue weighted by atomic mass is 16.5. The predicted molar refractivity (Wildman–Crippen MR) is 82.3 cm³/mol. The first-order valence-electron chi connectivity index (χ1n) is 7.08. The average Bonchev–Trinajstić information content (AvgIpc) is 3.02. The van der Waals surface area contributed by atoms with E-state index in [4.69, 9.17) is 4.74 Å². The summed E-state index contributed by atoms with van der Waals surface area (Å²) >= 11 is 0. The maximum absolute atomic E-state index is 11.2. The van der Waals surface area contributed by atoms with Crippen molar-refractivity contribution in [2.75, 3.05) is 19.7 Å². The van der Waals surface area contributed by atoms with Crippen molar-refractivity contribution in [1.82, 2.24) is 4.90 Å². The lowest BCUT2D eigenvalue weighted by Crippen LogP contribution is -2.31. The zero-order valence-electron chi connectivity index (χ0n) is 12.8. The van der Waals surface area contributed by atoms with E-state index in [0.717, 1.165) is 13.1 Å². The van der Waals surface area contributed by atoms with E-state index in [1.54, 1.807) is 30.3 Å². The number of amides is 1. The number of rotatable bonds is 3. The van der Waals surface area contributed by atoms with Gasteiger partial charge in [-0.3, -0.25) is 9.79 Å². The molecular weight excluding hydrogens is 268 g/mol. The summed E-state index contributed by atoms with van der Waals surface area (Å²) in [5, 5.41) is 0. The minimum Gasteiger partial charge on any atom is -0.462 e. The third kappa shape index (κ3) is 5.77. The van der Waals surface area contributed by atoms with E-state index < -0.39 is 0 Å². The minimum absolute atomic E-state index is 0.0875. The van der Waals surface area contributed by atoms with Crippen molar-refractivity contribution >= 4 is 18.2 Å². The summed E-state index contributed by atoms with van der Waals surface area (Å²) < 4.78 is 4.79. The van der Waals surface area contributed by atoms with Gasteiger partial charge in [0.25, 0.3) is 0 Å². The number of benzene rings is 1. The number of nitrogens with zero attached hydrogens (tertiary/aromatic N) is 2. The molecule has 21 heavy (non-hydrogen) atoms. The van der Waals surface area contributed by atoms with Crippen LogP contribution < -0.4 is 0 Å². The maximum Gasteiger partial charge on any atom is 0.338 e. The summed E-state index contributed by atoms with van der Waals surface area (Å²) in [6, 6.07) is 8.96. The lowest BCUT2D eigenvalue weighted by molar-refractivity contribution is -0.129. The van der Waals surface area contributed by atoms with Crippen LogP contribution in [0, 0.1) is 5.92 Å². The van der Waals surface area contributed by atoms with Gasteiger partial charge in [-0.25, -0.2) is 4.79 Å². The van der Waals surface area contributed by atoms with Gasteiger partial charge in [-0.15, -0.1) is 0 Å². The topological polar surface area (TPSA) is 59.0 Å². The van der Waals surface area contributed by atoms with Crippen LogP contribution >= 0.6 is 0 Å². The third-order valence-corrected chi connectivity index (χ3v) is 2.75. The van der Waals surface area contributed by atoms with Gasteiger partial charge in [-0.05, 0) is 19.1 Å². The van der Waals surface area contributed by atoms with Gasteiger partial charge in [0.2, 0.25) is 5.91 Å². The predicted octanol–water partition coefficient (Wildman–Crippen LogP) is 2.38. The Morgan fingerprint density at radius 3 is 2.43 bits per heavy atom. The second kappa shape index (κ2) is 8.89. The summed E-state index contributed by atoms with van der Waals surface area (Å²) in [6.45, 7) is 7.53. The van der Waals surface area contributed by atoms with Gasteiger partial charge in [0.05, 0.1) is 25.1 Å². The molecule has 0 radical (unpaired) electrons. The lowest BCUT2D eigenvalue weighted by Gasteiger charge is -2.13. The molecule has 114 valence electrons. The van der Waals surface area contributed by atoms with Crippen LogP contribution in [-0.2, 0) is 9.53 Å². The highest BCUT2D eigenvalue weighted by Crippen LogP contribution is 2.02. The van der Waals surface area contributed by atoms with Crippen LogP contribution in [0.1, 0.15) is 31.1 Å². The number of esters is 1. The molecule has 0 spiro atoms. The third-order valence-electron chi connectivity index (χ3n) is 2.75. The maximum atomic E-state index is 11.2. The van der Waals surface area contributed by atoms with Gasteiger partial charge in [0.1, 0.15) is 0 Å². The summed E-state index contributed by atoms with van der Waals surface area (Å²) in [7, 11) is 0. The van der Waals surface area contributed by atoms with Gasteiger partial charge < -0.3 is 9.64 Å². The molecule has 1 aromatic carbocycles. The largest absolute Gasteiger partial charge is 0.462 e. The summed E-state index contributed by atoms with van der Waals surface area (Å²) in [4.78, 5) is 27.8. The summed E-state index contributed by atoms with van der Waals surface area (Å²) in [6.07, 6.45) is 1.63. The molecule has 0 fully saturated rings. The fourth-order valence-corrected chi connectivity index (χ4v) is 1.67. The molecule has 1 amide bonds. The number of carbonyl (C=O) groups excluding carboxylic acids is 2. The molecule has 0 bridgehead atoms. The van der Waals surface area contributed by atoms with E-state index in [1.807, 2.05) is 32.0 Å². The molecule has 1 aliphatic rings. The SMILES string of the molecule is CC(C)C(=O)N1C=NCC1.CCOC(=O)c1ccccc1. The van der Waals surface area contributed by atoms with Gasteiger partial charge in [0.15, 0.2) is 0 Å². The van der Waals surface area contributed by atoms with Crippen LogP contribution in [0.4, 0.5) is 0 Å². The normalized spacial score (nSPS) is 12.9. The second-order valence-corrected chi connectivity index (χ2v) is 4.79. The Kier molecular flexibility index (Phi) is 7.15.